The number of carbonyl (C=O) groups excluding carboxylic acids is 1. The quantitative estimate of drug-likeness (QED) is 0.793. The molecule has 1 saturated heterocycles. The number of anilines is 1. The lowest BCUT2D eigenvalue weighted by Crippen LogP contribution is -2.51. The van der Waals surface area contributed by atoms with Crippen LogP contribution in [0.25, 0.3) is 0 Å². The smallest absolute Gasteiger partial charge is 0.228 e. The summed E-state index contributed by atoms with van der Waals surface area (Å²) in [6.07, 6.45) is 0. The van der Waals surface area contributed by atoms with Gasteiger partial charge in [-0.3, -0.25) is 4.79 Å². The first-order valence-electron chi connectivity index (χ1n) is 7.09. The molecule has 0 bridgehead atoms. The fourth-order valence-electron chi connectivity index (χ4n) is 2.55. The summed E-state index contributed by atoms with van der Waals surface area (Å²) < 4.78 is 0. The number of carbonyl (C=O) groups is 1. The van der Waals surface area contributed by atoms with Gasteiger partial charge in [-0.15, -0.1) is 0 Å². The molecule has 3 nitrogen and oxygen atoms in total. The van der Waals surface area contributed by atoms with Gasteiger partial charge in [0.2, 0.25) is 5.91 Å². The van der Waals surface area contributed by atoms with Crippen molar-refractivity contribution in [2.24, 2.45) is 5.41 Å². The van der Waals surface area contributed by atoms with Gasteiger partial charge in [-0.2, -0.15) is 0 Å². The Hall–Kier alpha value is -1.22. The minimum Gasteiger partial charge on any atom is -0.368 e. The number of piperazine rings is 1. The Morgan fingerprint density at radius 2 is 1.75 bits per heavy atom. The largest absolute Gasteiger partial charge is 0.368 e. The Balaban J connectivity index is 2.05. The normalized spacial score (nSPS) is 16.4. The fourth-order valence-corrected chi connectivity index (χ4v) is 2.71. The molecule has 2 rings (SSSR count). The molecule has 0 atom stereocenters. The number of halogens is 1. The first-order chi connectivity index (χ1) is 9.29. The van der Waals surface area contributed by atoms with E-state index in [-0.39, 0.29) is 11.3 Å². The summed E-state index contributed by atoms with van der Waals surface area (Å²) >= 11 is 6.08. The van der Waals surface area contributed by atoms with Gasteiger partial charge in [-0.05, 0) is 24.6 Å². The lowest BCUT2D eigenvalue weighted by molar-refractivity contribution is -0.139. The average molecular weight is 295 g/mol. The van der Waals surface area contributed by atoms with Crippen LogP contribution in [0.1, 0.15) is 26.3 Å². The van der Waals surface area contributed by atoms with Crippen LogP contribution in [-0.4, -0.2) is 37.0 Å². The molecule has 1 heterocycles. The minimum atomic E-state index is -0.297. The van der Waals surface area contributed by atoms with E-state index in [4.69, 9.17) is 11.6 Å². The molecule has 0 radical (unpaired) electrons. The molecule has 4 heteroatoms. The molecule has 1 aliphatic heterocycles. The van der Waals surface area contributed by atoms with Crippen LogP contribution in [0, 0.1) is 12.3 Å². The zero-order valence-electron chi connectivity index (χ0n) is 12.7. The summed E-state index contributed by atoms with van der Waals surface area (Å²) in [5, 5.41) is 0.763. The first-order valence-corrected chi connectivity index (χ1v) is 7.47. The van der Waals surface area contributed by atoms with Gasteiger partial charge < -0.3 is 9.80 Å². The Kier molecular flexibility index (Phi) is 4.28. The molecule has 0 spiro atoms. The second-order valence-corrected chi connectivity index (χ2v) is 6.90. The van der Waals surface area contributed by atoms with Crippen LogP contribution in [0.2, 0.25) is 5.02 Å². The maximum Gasteiger partial charge on any atom is 0.228 e. The van der Waals surface area contributed by atoms with Gasteiger partial charge in [-0.25, -0.2) is 0 Å². The van der Waals surface area contributed by atoms with Crippen LogP contribution in [0.15, 0.2) is 18.2 Å². The summed E-state index contributed by atoms with van der Waals surface area (Å²) in [6, 6.07) is 5.97. The molecule has 20 heavy (non-hydrogen) atoms. The van der Waals surface area contributed by atoms with E-state index in [0.717, 1.165) is 31.2 Å². The lowest BCUT2D eigenvalue weighted by atomic mass is 9.94. The van der Waals surface area contributed by atoms with Crippen molar-refractivity contribution >= 4 is 23.2 Å². The zero-order valence-corrected chi connectivity index (χ0v) is 13.5. The highest BCUT2D eigenvalue weighted by atomic mass is 35.5. The molecule has 110 valence electrons. The molecule has 0 saturated carbocycles. The Morgan fingerprint density at radius 3 is 2.30 bits per heavy atom. The molecule has 1 fully saturated rings. The third-order valence-corrected chi connectivity index (χ3v) is 3.96. The summed E-state index contributed by atoms with van der Waals surface area (Å²) in [5.41, 5.74) is 2.11. The van der Waals surface area contributed by atoms with Crippen molar-refractivity contribution in [3.63, 3.8) is 0 Å². The molecule has 0 unspecified atom stereocenters. The molecule has 1 aromatic rings. The molecule has 0 aliphatic carbocycles. The minimum absolute atomic E-state index is 0.236. The Bertz CT molecular complexity index is 500. The Morgan fingerprint density at radius 1 is 1.15 bits per heavy atom. The van der Waals surface area contributed by atoms with Crippen LogP contribution < -0.4 is 4.90 Å². The molecule has 0 N–H and O–H groups in total. The zero-order chi connectivity index (χ0) is 14.9. The monoisotopic (exact) mass is 294 g/mol. The fraction of sp³-hybridized carbons (Fsp3) is 0.562. The van der Waals surface area contributed by atoms with Crippen molar-refractivity contribution in [2.75, 3.05) is 31.1 Å². The number of benzene rings is 1. The highest BCUT2D eigenvalue weighted by Crippen LogP contribution is 2.26. The van der Waals surface area contributed by atoms with Crippen molar-refractivity contribution in [1.29, 1.82) is 0 Å². The van der Waals surface area contributed by atoms with Gasteiger partial charge in [0.25, 0.3) is 0 Å². The van der Waals surface area contributed by atoms with Gasteiger partial charge in [0.15, 0.2) is 0 Å². The highest BCUT2D eigenvalue weighted by molar-refractivity contribution is 6.30. The standard InChI is InChI=1S/C16H23ClN2O/c1-12-5-6-13(17)11-14(12)18-7-9-19(10-8-18)15(20)16(2,3)4/h5-6,11H,7-10H2,1-4H3. The van der Waals surface area contributed by atoms with Gasteiger partial charge in [0.05, 0.1) is 0 Å². The van der Waals surface area contributed by atoms with E-state index < -0.39 is 0 Å². The van der Waals surface area contributed by atoms with E-state index >= 15 is 0 Å². The van der Waals surface area contributed by atoms with E-state index in [1.807, 2.05) is 43.9 Å². The van der Waals surface area contributed by atoms with Gasteiger partial charge >= 0.3 is 0 Å². The van der Waals surface area contributed by atoms with Crippen molar-refractivity contribution in [1.82, 2.24) is 4.90 Å². The van der Waals surface area contributed by atoms with Crippen LogP contribution >= 0.6 is 11.6 Å². The van der Waals surface area contributed by atoms with Crippen molar-refractivity contribution < 1.29 is 4.79 Å². The summed E-state index contributed by atoms with van der Waals surface area (Å²) in [5.74, 6) is 0.236. The number of hydrogen-bond donors (Lipinski definition) is 0. The average Bonchev–Trinajstić information content (AvgIpc) is 2.40. The molecular formula is C16H23ClN2O. The summed E-state index contributed by atoms with van der Waals surface area (Å²) in [6.45, 7) is 11.3. The number of amides is 1. The second kappa shape index (κ2) is 5.65. The molecule has 0 aromatic heterocycles. The van der Waals surface area contributed by atoms with E-state index in [1.54, 1.807) is 0 Å². The third kappa shape index (κ3) is 3.26. The van der Waals surface area contributed by atoms with Gasteiger partial charge in [-0.1, -0.05) is 38.4 Å². The maximum absolute atomic E-state index is 12.3. The van der Waals surface area contributed by atoms with Crippen LogP contribution in [0.4, 0.5) is 5.69 Å². The summed E-state index contributed by atoms with van der Waals surface area (Å²) in [7, 11) is 0. The summed E-state index contributed by atoms with van der Waals surface area (Å²) in [4.78, 5) is 16.6. The predicted octanol–water partition coefficient (Wildman–Crippen LogP) is 3.34. The highest BCUT2D eigenvalue weighted by Gasteiger charge is 2.29. The van der Waals surface area contributed by atoms with E-state index in [2.05, 4.69) is 11.8 Å². The molecular weight excluding hydrogens is 272 g/mol. The predicted molar refractivity (Wildman–Crippen MR) is 84.4 cm³/mol. The topological polar surface area (TPSA) is 23.6 Å². The maximum atomic E-state index is 12.3. The van der Waals surface area contributed by atoms with Crippen LogP contribution in [0.5, 0.6) is 0 Å². The van der Waals surface area contributed by atoms with E-state index in [9.17, 15) is 4.79 Å². The van der Waals surface area contributed by atoms with Gasteiger partial charge in [0, 0.05) is 42.3 Å². The first kappa shape index (κ1) is 15.2. The van der Waals surface area contributed by atoms with Crippen molar-refractivity contribution in [3.8, 4) is 0 Å². The molecule has 1 amide bonds. The number of hydrogen-bond acceptors (Lipinski definition) is 2. The number of rotatable bonds is 1. The van der Waals surface area contributed by atoms with Crippen LogP contribution in [-0.2, 0) is 4.79 Å². The van der Waals surface area contributed by atoms with Crippen molar-refractivity contribution in [2.45, 2.75) is 27.7 Å². The van der Waals surface area contributed by atoms with Crippen LogP contribution in [0.3, 0.4) is 0 Å². The SMILES string of the molecule is Cc1ccc(Cl)cc1N1CCN(C(=O)C(C)(C)C)CC1. The van der Waals surface area contributed by atoms with E-state index in [1.165, 1.54) is 11.3 Å². The van der Waals surface area contributed by atoms with Crippen molar-refractivity contribution in [3.05, 3.63) is 28.8 Å². The number of nitrogens with zero attached hydrogens (tertiary/aromatic N) is 2. The third-order valence-electron chi connectivity index (χ3n) is 3.72. The molecule has 1 aromatic carbocycles. The van der Waals surface area contributed by atoms with E-state index in [0.29, 0.717) is 0 Å². The number of aryl methyl sites for hydroxylation is 1. The molecule has 1 aliphatic rings. The van der Waals surface area contributed by atoms with Gasteiger partial charge in [0.1, 0.15) is 0 Å². The lowest BCUT2D eigenvalue weighted by Gasteiger charge is -2.39. The second-order valence-electron chi connectivity index (χ2n) is 6.46. The Labute approximate surface area is 126 Å².